The first-order valence-corrected chi connectivity index (χ1v) is 9.36. The number of fused-ring (bicyclic) bond motifs is 1. The van der Waals surface area contributed by atoms with Gasteiger partial charge in [-0.1, -0.05) is 0 Å². The van der Waals surface area contributed by atoms with Gasteiger partial charge in [0.15, 0.2) is 0 Å². The molecule has 1 aliphatic rings. The molecular formula is C20H17F4N5O4. The topological polar surface area (TPSA) is 139 Å². The van der Waals surface area contributed by atoms with Gasteiger partial charge in [-0.2, -0.15) is 18.3 Å². The number of hydrogen-bond acceptors (Lipinski definition) is 5. The SMILES string of the molecule is NC(=O)c1cc(F)cc2cn(-c3ccc(NC(=O)C4CNC4)cc3)nc12.O=C(O)C(F)(F)F. The van der Waals surface area contributed by atoms with Crippen molar-refractivity contribution >= 4 is 34.4 Å². The monoisotopic (exact) mass is 467 g/mol. The van der Waals surface area contributed by atoms with Gasteiger partial charge in [0.2, 0.25) is 5.91 Å². The van der Waals surface area contributed by atoms with Gasteiger partial charge >= 0.3 is 12.1 Å². The zero-order chi connectivity index (χ0) is 24.3. The number of carbonyl (C=O) groups is 3. The van der Waals surface area contributed by atoms with E-state index in [1.165, 1.54) is 10.7 Å². The number of carbonyl (C=O) groups excluding carboxylic acids is 2. The summed E-state index contributed by atoms with van der Waals surface area (Å²) in [5.74, 6) is -4.04. The highest BCUT2D eigenvalue weighted by atomic mass is 19.4. The van der Waals surface area contributed by atoms with E-state index in [2.05, 4.69) is 15.7 Å². The number of carboxylic acids is 1. The van der Waals surface area contributed by atoms with Crippen LogP contribution in [0.4, 0.5) is 23.2 Å². The molecule has 174 valence electrons. The second kappa shape index (κ2) is 9.24. The Kier molecular flexibility index (Phi) is 6.62. The minimum atomic E-state index is -5.08. The smallest absolute Gasteiger partial charge is 0.475 e. The maximum absolute atomic E-state index is 13.7. The average Bonchev–Trinajstić information content (AvgIpc) is 3.09. The quantitative estimate of drug-likeness (QED) is 0.433. The number of nitrogens with one attached hydrogen (secondary N) is 2. The van der Waals surface area contributed by atoms with Crippen LogP contribution in [0.2, 0.25) is 0 Å². The molecule has 1 saturated heterocycles. The number of hydrogen-bond donors (Lipinski definition) is 4. The predicted molar refractivity (Wildman–Crippen MR) is 108 cm³/mol. The molecule has 0 saturated carbocycles. The highest BCUT2D eigenvalue weighted by Crippen LogP contribution is 2.22. The Balaban J connectivity index is 0.000000383. The largest absolute Gasteiger partial charge is 0.490 e. The minimum absolute atomic E-state index is 0.00760. The number of nitrogens with zero attached hydrogens (tertiary/aromatic N) is 2. The molecule has 4 rings (SSSR count). The molecule has 13 heteroatoms. The Morgan fingerprint density at radius 1 is 1.15 bits per heavy atom. The Bertz CT molecular complexity index is 1200. The molecule has 33 heavy (non-hydrogen) atoms. The minimum Gasteiger partial charge on any atom is -0.475 e. The molecular weight excluding hydrogens is 450 g/mol. The van der Waals surface area contributed by atoms with Crippen LogP contribution in [0, 0.1) is 11.7 Å². The second-order valence-corrected chi connectivity index (χ2v) is 7.02. The number of nitrogens with two attached hydrogens (primary N) is 1. The molecule has 1 fully saturated rings. The summed E-state index contributed by atoms with van der Waals surface area (Å²) in [7, 11) is 0. The van der Waals surface area contributed by atoms with Crippen molar-refractivity contribution in [1.29, 1.82) is 0 Å². The van der Waals surface area contributed by atoms with Crippen molar-refractivity contribution in [1.82, 2.24) is 15.1 Å². The third kappa shape index (κ3) is 5.63. The van der Waals surface area contributed by atoms with Crippen LogP contribution in [0.3, 0.4) is 0 Å². The van der Waals surface area contributed by atoms with E-state index in [0.29, 0.717) is 35.4 Å². The van der Waals surface area contributed by atoms with Crippen molar-refractivity contribution in [2.45, 2.75) is 6.18 Å². The first-order valence-electron chi connectivity index (χ1n) is 9.36. The van der Waals surface area contributed by atoms with E-state index < -0.39 is 23.9 Å². The second-order valence-electron chi connectivity index (χ2n) is 7.02. The summed E-state index contributed by atoms with van der Waals surface area (Å²) in [6.07, 6.45) is -3.46. The molecule has 1 aromatic heterocycles. The third-order valence-corrected chi connectivity index (χ3v) is 4.63. The molecule has 2 amide bonds. The van der Waals surface area contributed by atoms with Gasteiger partial charge in [0.1, 0.15) is 11.3 Å². The zero-order valence-electron chi connectivity index (χ0n) is 16.7. The first-order chi connectivity index (χ1) is 15.5. The third-order valence-electron chi connectivity index (χ3n) is 4.63. The van der Waals surface area contributed by atoms with Crippen LogP contribution in [0.15, 0.2) is 42.6 Å². The van der Waals surface area contributed by atoms with Crippen LogP contribution in [0.5, 0.6) is 0 Å². The number of benzene rings is 2. The molecule has 0 aliphatic carbocycles. The number of anilines is 1. The summed E-state index contributed by atoms with van der Waals surface area (Å²) in [4.78, 5) is 32.4. The van der Waals surface area contributed by atoms with Crippen molar-refractivity contribution in [3.63, 3.8) is 0 Å². The summed E-state index contributed by atoms with van der Waals surface area (Å²) >= 11 is 0. The maximum atomic E-state index is 13.7. The number of aliphatic carboxylic acids is 1. The van der Waals surface area contributed by atoms with Gasteiger partial charge in [-0.3, -0.25) is 9.59 Å². The highest BCUT2D eigenvalue weighted by molar-refractivity contribution is 6.04. The number of aromatic nitrogens is 2. The summed E-state index contributed by atoms with van der Waals surface area (Å²) in [5, 5.41) is 17.9. The van der Waals surface area contributed by atoms with Gasteiger partial charge in [0.05, 0.1) is 17.2 Å². The van der Waals surface area contributed by atoms with Gasteiger partial charge in [0.25, 0.3) is 5.91 Å². The van der Waals surface area contributed by atoms with E-state index in [-0.39, 0.29) is 17.4 Å². The molecule has 1 aliphatic heterocycles. The van der Waals surface area contributed by atoms with Crippen molar-refractivity contribution < 1.29 is 37.1 Å². The van der Waals surface area contributed by atoms with Crippen LogP contribution in [-0.2, 0) is 9.59 Å². The molecule has 2 heterocycles. The molecule has 0 bridgehead atoms. The number of amides is 2. The van der Waals surface area contributed by atoms with E-state index in [9.17, 15) is 27.2 Å². The van der Waals surface area contributed by atoms with Gasteiger partial charge in [-0.05, 0) is 36.4 Å². The molecule has 3 aromatic rings. The Morgan fingerprint density at radius 3 is 2.24 bits per heavy atom. The molecule has 0 radical (unpaired) electrons. The average molecular weight is 467 g/mol. The van der Waals surface area contributed by atoms with Crippen LogP contribution in [-0.4, -0.2) is 51.9 Å². The Morgan fingerprint density at radius 2 is 1.76 bits per heavy atom. The summed E-state index contributed by atoms with van der Waals surface area (Å²) in [6.45, 7) is 1.39. The summed E-state index contributed by atoms with van der Waals surface area (Å²) < 4.78 is 46.9. The standard InChI is InChI=1S/C18H16FN5O2.C2HF3O2/c19-12-5-10-9-24(23-16(10)15(6-12)17(20)25)14-3-1-13(2-4-14)22-18(26)11-7-21-8-11;3-2(4,5)1(6)7/h1-6,9,11,21H,7-8H2,(H2,20,25)(H,22,26);(H,6,7). The van der Waals surface area contributed by atoms with Crippen molar-refractivity contribution in [3.8, 4) is 5.69 Å². The van der Waals surface area contributed by atoms with Crippen LogP contribution < -0.4 is 16.4 Å². The molecule has 0 spiro atoms. The molecule has 9 nitrogen and oxygen atoms in total. The fourth-order valence-electron chi connectivity index (χ4n) is 2.83. The highest BCUT2D eigenvalue weighted by Gasteiger charge is 2.38. The molecule has 5 N–H and O–H groups in total. The van der Waals surface area contributed by atoms with Crippen LogP contribution in [0.1, 0.15) is 10.4 Å². The van der Waals surface area contributed by atoms with E-state index >= 15 is 0 Å². The van der Waals surface area contributed by atoms with Crippen molar-refractivity contribution in [3.05, 3.63) is 54.0 Å². The molecule has 2 aromatic carbocycles. The Hall–Kier alpha value is -4.00. The number of halogens is 4. The van der Waals surface area contributed by atoms with Crippen LogP contribution >= 0.6 is 0 Å². The van der Waals surface area contributed by atoms with Gasteiger partial charge in [-0.15, -0.1) is 0 Å². The van der Waals surface area contributed by atoms with Gasteiger partial charge in [-0.25, -0.2) is 13.9 Å². The zero-order valence-corrected chi connectivity index (χ0v) is 16.7. The lowest BCUT2D eigenvalue weighted by atomic mass is 10.0. The predicted octanol–water partition coefficient (Wildman–Crippen LogP) is 2.05. The fourth-order valence-corrected chi connectivity index (χ4v) is 2.83. The van der Waals surface area contributed by atoms with Gasteiger partial charge < -0.3 is 21.5 Å². The lowest BCUT2D eigenvalue weighted by Gasteiger charge is -2.25. The lowest BCUT2D eigenvalue weighted by molar-refractivity contribution is -0.192. The van der Waals surface area contributed by atoms with E-state index in [0.717, 1.165) is 6.07 Å². The van der Waals surface area contributed by atoms with Crippen molar-refractivity contribution in [2.75, 3.05) is 18.4 Å². The van der Waals surface area contributed by atoms with E-state index in [1.807, 2.05) is 0 Å². The molecule has 0 atom stereocenters. The van der Waals surface area contributed by atoms with Crippen molar-refractivity contribution in [2.24, 2.45) is 11.7 Å². The number of alkyl halides is 3. The summed E-state index contributed by atoms with van der Waals surface area (Å²) in [6, 6.07) is 9.46. The number of primary amides is 1. The fraction of sp³-hybridized carbons (Fsp3) is 0.200. The van der Waals surface area contributed by atoms with E-state index in [1.54, 1.807) is 30.5 Å². The molecule has 0 unspecified atom stereocenters. The number of rotatable bonds is 4. The van der Waals surface area contributed by atoms with E-state index in [4.69, 9.17) is 15.6 Å². The summed E-state index contributed by atoms with van der Waals surface area (Å²) in [5.41, 5.74) is 7.08. The lowest BCUT2D eigenvalue weighted by Crippen LogP contribution is -2.48. The maximum Gasteiger partial charge on any atom is 0.490 e. The van der Waals surface area contributed by atoms with Gasteiger partial charge in [0, 0.05) is 30.4 Å². The number of carboxylic acid groups (broad SMARTS) is 1. The van der Waals surface area contributed by atoms with Crippen LogP contribution in [0.25, 0.3) is 16.6 Å². The Labute approximate surface area is 183 Å². The first kappa shape index (κ1) is 23.7. The normalized spacial score (nSPS) is 13.6.